The fourth-order valence-corrected chi connectivity index (χ4v) is 9.38. The van der Waals surface area contributed by atoms with Gasteiger partial charge in [0.05, 0.1) is 38.1 Å². The van der Waals surface area contributed by atoms with Gasteiger partial charge < -0.3 is 24.5 Å². The molecule has 3 aromatic rings. The highest BCUT2D eigenvalue weighted by atomic mass is 31.2. The molecule has 1 aliphatic carbocycles. The van der Waals surface area contributed by atoms with Crippen molar-refractivity contribution in [2.24, 2.45) is 11.8 Å². The summed E-state index contributed by atoms with van der Waals surface area (Å²) in [6.07, 6.45) is -0.952. The zero-order valence-electron chi connectivity index (χ0n) is 32.8. The number of aromatic amines is 1. The molecule has 314 valence electrons. The van der Waals surface area contributed by atoms with E-state index in [1.54, 1.807) is 26.1 Å². The van der Waals surface area contributed by atoms with Gasteiger partial charge in [0.1, 0.15) is 30.5 Å². The van der Waals surface area contributed by atoms with Crippen molar-refractivity contribution in [2.45, 2.75) is 109 Å². The number of hydrogen-bond donors (Lipinski definition) is 5. The molecule has 1 unspecified atom stereocenters. The van der Waals surface area contributed by atoms with Gasteiger partial charge in [0.2, 0.25) is 11.9 Å². The lowest BCUT2D eigenvalue weighted by Crippen LogP contribution is -2.50. The summed E-state index contributed by atoms with van der Waals surface area (Å²) >= 11 is 0. The molecule has 57 heavy (non-hydrogen) atoms. The quantitative estimate of drug-likeness (QED) is 0.0689. The lowest BCUT2D eigenvalue weighted by molar-refractivity contribution is -0.118. The number of carbonyl (C=O) groups is 1. The fraction of sp³-hybridized carbons (Fsp3) is 0.667. The summed E-state index contributed by atoms with van der Waals surface area (Å²) in [5.74, 6) is -0.921. The second kappa shape index (κ2) is 18.6. The van der Waals surface area contributed by atoms with Crippen LogP contribution in [-0.4, -0.2) is 104 Å². The molecule has 0 spiro atoms. The zero-order valence-corrected chi connectivity index (χ0v) is 35.7. The van der Waals surface area contributed by atoms with E-state index < -0.39 is 84.9 Å². The molecule has 1 saturated carbocycles. The van der Waals surface area contributed by atoms with Crippen molar-refractivity contribution in [3.05, 3.63) is 35.3 Å². The molecular weight excluding hydrogens is 804 g/mol. The summed E-state index contributed by atoms with van der Waals surface area (Å²) in [7, 11) is -10.9. The van der Waals surface area contributed by atoms with E-state index in [4.69, 9.17) is 27.3 Å². The standard InChI is InChI=1S/C33H51N9O12P2Si/c1-19(2)29(44)40-32-39-28-25(30(45)41-32)37-18-42(28)31-27(52-55(46)47)26(54-57(6,7)33(3,4)5)23(51-31)16-50-56(48,49-12-8-10-34)53-22-14-21(13-20(22)15-43)38-24-9-11-35-17-36-24/h9,11,17-23,26-27,31,43,55H,8,12-16H2,1-7H3,(H,46,47)(H,35,36,38)(H2,39,40,41,44,45)/t20-,21-,22+,23-,26-,27-,31-,56-/m1/s1. The second-order valence-electron chi connectivity index (χ2n) is 15.6. The molecule has 0 radical (unpaired) electrons. The average molecular weight is 856 g/mol. The fourth-order valence-electron chi connectivity index (χ4n) is 6.14. The van der Waals surface area contributed by atoms with Crippen LogP contribution in [0.4, 0.5) is 11.8 Å². The van der Waals surface area contributed by atoms with E-state index in [0.29, 0.717) is 18.7 Å². The van der Waals surface area contributed by atoms with Crippen LogP contribution >= 0.6 is 16.1 Å². The number of imidazole rings is 1. The van der Waals surface area contributed by atoms with Crippen LogP contribution in [0.5, 0.6) is 0 Å². The normalized spacial score (nSPS) is 25.7. The van der Waals surface area contributed by atoms with E-state index in [9.17, 15) is 34.0 Å². The number of nitriles is 1. The van der Waals surface area contributed by atoms with E-state index >= 15 is 0 Å². The Morgan fingerprint density at radius 2 is 2.00 bits per heavy atom. The van der Waals surface area contributed by atoms with Gasteiger partial charge in [-0.3, -0.25) is 47.1 Å². The summed E-state index contributed by atoms with van der Waals surface area (Å²) in [6.45, 7) is 12.1. The molecule has 1 saturated heterocycles. The third kappa shape index (κ3) is 11.0. The molecule has 5 N–H and O–H groups in total. The topological polar surface area (TPSA) is 284 Å². The van der Waals surface area contributed by atoms with Crippen molar-refractivity contribution < 1.29 is 51.2 Å². The van der Waals surface area contributed by atoms with Crippen LogP contribution in [-0.2, 0) is 41.2 Å². The first-order valence-electron chi connectivity index (χ1n) is 18.4. The SMILES string of the molecule is CC(C)C(=O)Nc1nc2c(ncn2[C@@H]2O[C@H](CO[P@@](=O)(OCCC#N)O[C@H]3C[C@H](Nc4ccncn4)C[C@@H]3CO)[C@@H](O[Si](C)(C)C(C)(C)C)[C@H]2O[PH](=O)O)c(=O)[nH]1. The Bertz CT molecular complexity index is 2030. The number of ether oxygens (including phenoxy) is 1. The minimum absolute atomic E-state index is 0.0445. The largest absolute Gasteiger partial charge is 0.475 e. The molecule has 3 aromatic heterocycles. The lowest BCUT2D eigenvalue weighted by atomic mass is 10.1. The number of nitrogens with zero attached hydrogens (tertiary/aromatic N) is 6. The number of nitrogens with one attached hydrogen (secondary N) is 3. The van der Waals surface area contributed by atoms with E-state index in [-0.39, 0.29) is 47.8 Å². The highest BCUT2D eigenvalue weighted by molar-refractivity contribution is 7.48. The summed E-state index contributed by atoms with van der Waals surface area (Å²) in [5, 5.41) is 24.9. The lowest BCUT2D eigenvalue weighted by Gasteiger charge is -2.40. The van der Waals surface area contributed by atoms with Gasteiger partial charge in [-0.15, -0.1) is 0 Å². The Hall–Kier alpha value is -3.45. The number of phosphoric ester groups is 1. The van der Waals surface area contributed by atoms with Crippen LogP contribution in [0.15, 0.2) is 29.7 Å². The molecule has 1 aliphatic heterocycles. The first-order valence-corrected chi connectivity index (χ1v) is 24.1. The van der Waals surface area contributed by atoms with Crippen LogP contribution in [0.2, 0.25) is 18.1 Å². The van der Waals surface area contributed by atoms with Gasteiger partial charge in [0.25, 0.3) is 5.56 Å². The van der Waals surface area contributed by atoms with E-state index in [0.717, 1.165) is 0 Å². The van der Waals surface area contributed by atoms with Gasteiger partial charge in [-0.05, 0) is 37.0 Å². The second-order valence-corrected chi connectivity index (χ2v) is 22.8. The Morgan fingerprint density at radius 3 is 2.63 bits per heavy atom. The molecule has 0 aromatic carbocycles. The Balaban J connectivity index is 1.48. The zero-order chi connectivity index (χ0) is 41.7. The number of anilines is 2. The van der Waals surface area contributed by atoms with Crippen molar-refractivity contribution in [1.82, 2.24) is 29.5 Å². The smallest absolute Gasteiger partial charge is 0.408 e. The maximum Gasteiger partial charge on any atom is 0.475 e. The minimum atomic E-state index is -4.52. The summed E-state index contributed by atoms with van der Waals surface area (Å²) < 4.78 is 64.7. The molecule has 2 aliphatic rings. The van der Waals surface area contributed by atoms with Crippen LogP contribution in [0, 0.1) is 23.2 Å². The van der Waals surface area contributed by atoms with Crippen molar-refractivity contribution >= 4 is 53.2 Å². The Kier molecular flexibility index (Phi) is 14.6. The number of aliphatic hydroxyl groups is 1. The van der Waals surface area contributed by atoms with Crippen molar-refractivity contribution in [2.75, 3.05) is 30.5 Å². The first-order chi connectivity index (χ1) is 26.8. The molecule has 24 heteroatoms. The third-order valence-electron chi connectivity index (χ3n) is 10.2. The number of aliphatic hydroxyl groups excluding tert-OH is 1. The number of carbonyl (C=O) groups excluding carboxylic acids is 1. The minimum Gasteiger partial charge on any atom is -0.408 e. The predicted octanol–water partition coefficient (Wildman–Crippen LogP) is 3.88. The third-order valence-corrected chi connectivity index (χ3v) is 16.6. The van der Waals surface area contributed by atoms with Crippen molar-refractivity contribution in [1.29, 1.82) is 5.26 Å². The highest BCUT2D eigenvalue weighted by Gasteiger charge is 2.53. The molecule has 4 heterocycles. The number of rotatable bonds is 18. The van der Waals surface area contributed by atoms with Gasteiger partial charge in [-0.25, -0.2) is 19.5 Å². The number of H-pyrrole nitrogens is 1. The van der Waals surface area contributed by atoms with E-state index in [2.05, 4.69) is 35.6 Å². The monoisotopic (exact) mass is 855 g/mol. The number of aromatic nitrogens is 6. The summed E-state index contributed by atoms with van der Waals surface area (Å²) in [6, 6.07) is 3.39. The van der Waals surface area contributed by atoms with Gasteiger partial charge in [0, 0.05) is 30.7 Å². The molecule has 5 rings (SSSR count). The molecule has 0 bridgehead atoms. The molecule has 1 amide bonds. The van der Waals surface area contributed by atoms with E-state index in [1.807, 2.05) is 39.9 Å². The molecule has 2 fully saturated rings. The molecule has 9 atom stereocenters. The molecule has 21 nitrogen and oxygen atoms in total. The van der Waals surface area contributed by atoms with Crippen LogP contribution in [0.1, 0.15) is 60.1 Å². The summed E-state index contributed by atoms with van der Waals surface area (Å²) in [4.78, 5) is 54.9. The van der Waals surface area contributed by atoms with E-state index in [1.165, 1.54) is 17.2 Å². The van der Waals surface area contributed by atoms with Crippen molar-refractivity contribution in [3.8, 4) is 6.07 Å². The van der Waals surface area contributed by atoms with Gasteiger partial charge in [0.15, 0.2) is 25.7 Å². The average Bonchev–Trinajstić information content (AvgIpc) is 3.82. The Morgan fingerprint density at radius 1 is 1.25 bits per heavy atom. The van der Waals surface area contributed by atoms with Crippen LogP contribution in [0.3, 0.4) is 0 Å². The van der Waals surface area contributed by atoms with Gasteiger partial charge >= 0.3 is 16.1 Å². The van der Waals surface area contributed by atoms with Crippen molar-refractivity contribution in [3.63, 3.8) is 0 Å². The van der Waals surface area contributed by atoms with Gasteiger partial charge in [-0.1, -0.05) is 34.6 Å². The maximum absolute atomic E-state index is 14.4. The summed E-state index contributed by atoms with van der Waals surface area (Å²) in [5.41, 5.74) is -0.838. The van der Waals surface area contributed by atoms with Crippen LogP contribution in [0.25, 0.3) is 11.2 Å². The first kappa shape index (κ1) is 44.6. The number of phosphoric acid groups is 1. The number of hydrogen-bond acceptors (Lipinski definition) is 17. The predicted molar refractivity (Wildman–Crippen MR) is 208 cm³/mol. The van der Waals surface area contributed by atoms with Crippen LogP contribution < -0.4 is 16.2 Å². The number of fused-ring (bicyclic) bond motifs is 1. The molecular formula is C33H51N9O12P2Si. The van der Waals surface area contributed by atoms with Gasteiger partial charge in [-0.2, -0.15) is 10.2 Å². The number of amides is 1. The maximum atomic E-state index is 14.4. The Labute approximate surface area is 330 Å². The highest BCUT2D eigenvalue weighted by Crippen LogP contribution is 2.54.